The van der Waals surface area contributed by atoms with E-state index in [0.717, 1.165) is 11.4 Å². The average Bonchev–Trinajstić information content (AvgIpc) is 2.93. The lowest BCUT2D eigenvalue weighted by atomic mass is 10.5. The molecular formula is C12H18N4O2S2. The molecule has 0 saturated heterocycles. The van der Waals surface area contributed by atoms with E-state index < -0.39 is 10.0 Å². The monoisotopic (exact) mass is 314 g/mol. The second kappa shape index (κ2) is 5.53. The molecular weight excluding hydrogens is 296 g/mol. The third kappa shape index (κ3) is 2.85. The molecule has 0 radical (unpaired) electrons. The van der Waals surface area contributed by atoms with Crippen LogP contribution in [0.15, 0.2) is 11.2 Å². The maximum Gasteiger partial charge on any atom is 0.281 e. The number of hydrogen-bond acceptors (Lipinski definition) is 5. The molecule has 8 heteroatoms. The van der Waals surface area contributed by atoms with Crippen molar-refractivity contribution < 1.29 is 8.42 Å². The molecule has 2 aromatic heterocycles. The Balaban J connectivity index is 2.32. The fourth-order valence-electron chi connectivity index (χ4n) is 1.80. The van der Waals surface area contributed by atoms with Gasteiger partial charge >= 0.3 is 0 Å². The van der Waals surface area contributed by atoms with Gasteiger partial charge in [-0.3, -0.25) is 4.72 Å². The molecule has 2 rings (SSSR count). The van der Waals surface area contributed by atoms with Gasteiger partial charge in [0, 0.05) is 12.7 Å². The largest absolute Gasteiger partial charge is 0.334 e. The predicted octanol–water partition coefficient (Wildman–Crippen LogP) is 2.34. The first kappa shape index (κ1) is 15.0. The fourth-order valence-corrected chi connectivity index (χ4v) is 4.07. The Morgan fingerprint density at radius 1 is 1.30 bits per heavy atom. The zero-order valence-electron chi connectivity index (χ0n) is 12.0. The van der Waals surface area contributed by atoms with Crippen LogP contribution in [0, 0.1) is 13.8 Å². The number of hydrogen-bond donors (Lipinski definition) is 1. The van der Waals surface area contributed by atoms with Crippen LogP contribution in [0.4, 0.5) is 5.00 Å². The molecule has 0 bridgehead atoms. The van der Waals surface area contributed by atoms with Gasteiger partial charge in [0.1, 0.15) is 10.8 Å². The zero-order chi connectivity index (χ0) is 14.9. The maximum atomic E-state index is 12.3. The third-order valence-electron chi connectivity index (χ3n) is 2.94. The number of nitrogens with one attached hydrogen (secondary N) is 1. The van der Waals surface area contributed by atoms with Crippen molar-refractivity contribution in [3.8, 4) is 0 Å². The van der Waals surface area contributed by atoms with E-state index in [2.05, 4.69) is 14.7 Å². The topological polar surface area (TPSA) is 76.9 Å². The minimum atomic E-state index is -3.65. The van der Waals surface area contributed by atoms with E-state index in [0.29, 0.717) is 23.1 Å². The number of aryl methyl sites for hydroxylation is 4. The lowest BCUT2D eigenvalue weighted by molar-refractivity contribution is 0.598. The quantitative estimate of drug-likeness (QED) is 0.919. The van der Waals surface area contributed by atoms with Crippen LogP contribution in [0.3, 0.4) is 0 Å². The number of aromatic nitrogens is 3. The van der Waals surface area contributed by atoms with E-state index in [1.165, 1.54) is 11.3 Å². The molecule has 1 N–H and O–H groups in total. The summed E-state index contributed by atoms with van der Waals surface area (Å²) < 4.78 is 29.0. The van der Waals surface area contributed by atoms with Crippen LogP contribution in [0.1, 0.15) is 30.4 Å². The summed E-state index contributed by atoms with van der Waals surface area (Å²) in [6.45, 7) is 8.20. The molecule has 0 atom stereocenters. The summed E-state index contributed by atoms with van der Waals surface area (Å²) in [5.74, 6) is 0.683. The highest BCUT2D eigenvalue weighted by molar-refractivity contribution is 7.92. The Labute approximate surface area is 122 Å². The number of imidazole rings is 1. The Morgan fingerprint density at radius 3 is 2.50 bits per heavy atom. The maximum absolute atomic E-state index is 12.3. The van der Waals surface area contributed by atoms with Crippen LogP contribution in [-0.2, 0) is 23.0 Å². The first-order chi connectivity index (χ1) is 9.37. The lowest BCUT2D eigenvalue weighted by Gasteiger charge is -2.03. The minimum absolute atomic E-state index is 0.0442. The Kier molecular flexibility index (Phi) is 4.14. The van der Waals surface area contributed by atoms with E-state index in [4.69, 9.17) is 0 Å². The SMILES string of the molecule is CCc1nc(C)c(NS(=O)(=O)c2cn(CC)c(C)n2)s1. The van der Waals surface area contributed by atoms with Gasteiger partial charge in [-0.05, 0) is 27.2 Å². The molecule has 0 aliphatic carbocycles. The number of rotatable bonds is 5. The average molecular weight is 314 g/mol. The van der Waals surface area contributed by atoms with E-state index >= 15 is 0 Å². The van der Waals surface area contributed by atoms with Crippen molar-refractivity contribution >= 4 is 26.4 Å². The van der Waals surface area contributed by atoms with E-state index in [1.54, 1.807) is 24.6 Å². The normalized spacial score (nSPS) is 11.8. The van der Waals surface area contributed by atoms with Crippen LogP contribution in [0.2, 0.25) is 0 Å². The molecule has 2 heterocycles. The Hall–Kier alpha value is -1.41. The summed E-state index contributed by atoms with van der Waals surface area (Å²) in [5, 5.41) is 1.52. The van der Waals surface area contributed by atoms with Crippen LogP contribution >= 0.6 is 11.3 Å². The summed E-state index contributed by atoms with van der Waals surface area (Å²) in [6.07, 6.45) is 2.34. The standard InChI is InChI=1S/C12H18N4O2S2/c1-5-10-13-8(3)12(19-10)15-20(17,18)11-7-16(6-2)9(4)14-11/h7,15H,5-6H2,1-4H3. The van der Waals surface area contributed by atoms with Gasteiger partial charge in [-0.15, -0.1) is 11.3 Å². The molecule has 0 saturated carbocycles. The third-order valence-corrected chi connectivity index (χ3v) is 5.51. The minimum Gasteiger partial charge on any atom is -0.334 e. The van der Waals surface area contributed by atoms with Crippen molar-refractivity contribution in [2.75, 3.05) is 4.72 Å². The number of anilines is 1. The van der Waals surface area contributed by atoms with E-state index in [-0.39, 0.29) is 5.03 Å². The summed E-state index contributed by atoms with van der Waals surface area (Å²) in [7, 11) is -3.65. The van der Waals surface area contributed by atoms with Gasteiger partial charge in [-0.1, -0.05) is 6.92 Å². The molecule has 0 aliphatic rings. The van der Waals surface area contributed by atoms with Crippen molar-refractivity contribution in [1.82, 2.24) is 14.5 Å². The van der Waals surface area contributed by atoms with Crippen molar-refractivity contribution in [3.05, 3.63) is 22.7 Å². The summed E-state index contributed by atoms with van der Waals surface area (Å²) in [4.78, 5) is 8.41. The van der Waals surface area contributed by atoms with Gasteiger partial charge in [0.25, 0.3) is 10.0 Å². The van der Waals surface area contributed by atoms with Crippen LogP contribution in [-0.4, -0.2) is 23.0 Å². The number of thiazole rings is 1. The van der Waals surface area contributed by atoms with Crippen LogP contribution < -0.4 is 4.72 Å². The molecule has 6 nitrogen and oxygen atoms in total. The first-order valence-electron chi connectivity index (χ1n) is 6.40. The van der Waals surface area contributed by atoms with Gasteiger partial charge in [-0.25, -0.2) is 9.97 Å². The van der Waals surface area contributed by atoms with Gasteiger partial charge < -0.3 is 4.57 Å². The molecule has 0 amide bonds. The van der Waals surface area contributed by atoms with Gasteiger partial charge in [0.05, 0.1) is 10.7 Å². The lowest BCUT2D eigenvalue weighted by Crippen LogP contribution is -2.13. The highest BCUT2D eigenvalue weighted by atomic mass is 32.2. The fraction of sp³-hybridized carbons (Fsp3) is 0.500. The molecule has 0 aromatic carbocycles. The van der Waals surface area contributed by atoms with Gasteiger partial charge in [-0.2, -0.15) is 8.42 Å². The van der Waals surface area contributed by atoms with Crippen LogP contribution in [0.25, 0.3) is 0 Å². The summed E-state index contributed by atoms with van der Waals surface area (Å²) in [5.41, 5.74) is 0.696. The molecule has 0 spiro atoms. The van der Waals surface area contributed by atoms with Crippen molar-refractivity contribution in [2.45, 2.75) is 45.7 Å². The van der Waals surface area contributed by atoms with E-state index in [9.17, 15) is 8.42 Å². The molecule has 0 fully saturated rings. The first-order valence-corrected chi connectivity index (χ1v) is 8.70. The second-order valence-corrected chi connectivity index (χ2v) is 7.11. The summed E-state index contributed by atoms with van der Waals surface area (Å²) in [6, 6.07) is 0. The van der Waals surface area contributed by atoms with Crippen LogP contribution in [0.5, 0.6) is 0 Å². The highest BCUT2D eigenvalue weighted by Gasteiger charge is 2.21. The van der Waals surface area contributed by atoms with Gasteiger partial charge in [0.15, 0.2) is 5.03 Å². The molecule has 20 heavy (non-hydrogen) atoms. The molecule has 110 valence electrons. The van der Waals surface area contributed by atoms with E-state index in [1.807, 2.05) is 13.8 Å². The Morgan fingerprint density at radius 2 is 2.00 bits per heavy atom. The number of nitrogens with zero attached hydrogens (tertiary/aromatic N) is 3. The number of sulfonamides is 1. The van der Waals surface area contributed by atoms with Crippen molar-refractivity contribution in [3.63, 3.8) is 0 Å². The highest BCUT2D eigenvalue weighted by Crippen LogP contribution is 2.26. The predicted molar refractivity (Wildman–Crippen MR) is 79.7 cm³/mol. The molecule has 0 aliphatic heterocycles. The van der Waals surface area contributed by atoms with Gasteiger partial charge in [0.2, 0.25) is 0 Å². The zero-order valence-corrected chi connectivity index (χ0v) is 13.6. The second-order valence-electron chi connectivity index (χ2n) is 4.39. The Bertz CT molecular complexity index is 716. The smallest absolute Gasteiger partial charge is 0.281 e. The molecule has 0 unspecified atom stereocenters. The van der Waals surface area contributed by atoms with Crippen molar-refractivity contribution in [1.29, 1.82) is 0 Å². The van der Waals surface area contributed by atoms with Crippen molar-refractivity contribution in [2.24, 2.45) is 0 Å². The summed E-state index contributed by atoms with van der Waals surface area (Å²) >= 11 is 1.36. The molecule has 2 aromatic rings.